The van der Waals surface area contributed by atoms with Gasteiger partial charge >= 0.3 is 0 Å². The van der Waals surface area contributed by atoms with E-state index in [1.165, 1.54) is 0 Å². The number of aromatic nitrogens is 1. The van der Waals surface area contributed by atoms with Gasteiger partial charge in [0, 0.05) is 38.8 Å². The Hall–Kier alpha value is -0.880. The highest BCUT2D eigenvalue weighted by Crippen LogP contribution is 2.28. The Balaban J connectivity index is 1.66. The highest BCUT2D eigenvalue weighted by molar-refractivity contribution is 6.33. The minimum Gasteiger partial charge on any atom is -0.353 e. The lowest BCUT2D eigenvalue weighted by Crippen LogP contribution is -2.44. The van der Waals surface area contributed by atoms with Crippen molar-refractivity contribution in [3.63, 3.8) is 0 Å². The average Bonchev–Trinajstić information content (AvgIpc) is 2.79. The number of anilines is 1. The van der Waals surface area contributed by atoms with Crippen molar-refractivity contribution >= 4 is 17.4 Å². The fraction of sp³-hybridized carbons (Fsp3) is 0.667. The van der Waals surface area contributed by atoms with Crippen LogP contribution in [0.2, 0.25) is 5.02 Å². The van der Waals surface area contributed by atoms with Gasteiger partial charge < -0.3 is 19.7 Å². The van der Waals surface area contributed by atoms with Crippen molar-refractivity contribution in [2.24, 2.45) is 0 Å². The summed E-state index contributed by atoms with van der Waals surface area (Å²) >= 11 is 6.41. The van der Waals surface area contributed by atoms with Gasteiger partial charge in [0.05, 0.1) is 17.7 Å². The van der Waals surface area contributed by atoms with Crippen LogP contribution in [0, 0.1) is 0 Å². The molecule has 0 bridgehead atoms. The molecular formula is C15H22ClN3O2. The molecule has 0 radical (unpaired) electrons. The molecule has 6 heteroatoms. The Morgan fingerprint density at radius 2 is 2.19 bits per heavy atom. The first-order valence-electron chi connectivity index (χ1n) is 7.45. The third-order valence-corrected chi connectivity index (χ3v) is 4.10. The first-order chi connectivity index (χ1) is 10.0. The van der Waals surface area contributed by atoms with E-state index >= 15 is 0 Å². The number of nitrogens with zero attached hydrogens (tertiary/aromatic N) is 2. The summed E-state index contributed by atoms with van der Waals surface area (Å²) < 4.78 is 11.4. The second-order valence-electron chi connectivity index (χ2n) is 6.04. The standard InChI is InChI=1S/C15H22ClN3O2/c1-15(2)20-10-12(21-15)7-11-8-13(16)14(18-9-11)19-5-3-17-4-6-19/h8-9,12,17H,3-7,10H2,1-2H3. The van der Waals surface area contributed by atoms with E-state index < -0.39 is 5.79 Å². The highest BCUT2D eigenvalue weighted by Gasteiger charge is 2.32. The molecule has 1 N–H and O–H groups in total. The molecule has 0 aromatic carbocycles. The van der Waals surface area contributed by atoms with Gasteiger partial charge in [-0.25, -0.2) is 4.98 Å². The monoisotopic (exact) mass is 311 g/mol. The van der Waals surface area contributed by atoms with Gasteiger partial charge in [0.2, 0.25) is 0 Å². The van der Waals surface area contributed by atoms with Gasteiger partial charge in [-0.2, -0.15) is 0 Å². The van der Waals surface area contributed by atoms with Crippen molar-refractivity contribution in [2.75, 3.05) is 37.7 Å². The minimum atomic E-state index is -0.484. The number of hydrogen-bond donors (Lipinski definition) is 1. The van der Waals surface area contributed by atoms with Gasteiger partial charge in [-0.15, -0.1) is 0 Å². The minimum absolute atomic E-state index is 0.0721. The lowest BCUT2D eigenvalue weighted by Gasteiger charge is -2.29. The lowest BCUT2D eigenvalue weighted by atomic mass is 10.1. The summed E-state index contributed by atoms with van der Waals surface area (Å²) in [7, 11) is 0. The molecule has 2 aliphatic heterocycles. The van der Waals surface area contributed by atoms with Gasteiger partial charge in [0.1, 0.15) is 5.82 Å². The molecule has 1 aromatic heterocycles. The summed E-state index contributed by atoms with van der Waals surface area (Å²) in [5, 5.41) is 4.04. The van der Waals surface area contributed by atoms with Crippen LogP contribution >= 0.6 is 11.6 Å². The Kier molecular flexibility index (Phi) is 4.36. The lowest BCUT2D eigenvalue weighted by molar-refractivity contribution is -0.138. The third-order valence-electron chi connectivity index (χ3n) is 3.83. The van der Waals surface area contributed by atoms with E-state index in [-0.39, 0.29) is 6.10 Å². The quantitative estimate of drug-likeness (QED) is 0.923. The third kappa shape index (κ3) is 3.66. The molecule has 1 atom stereocenters. The topological polar surface area (TPSA) is 46.6 Å². The Bertz CT molecular complexity index is 504. The highest BCUT2D eigenvalue weighted by atomic mass is 35.5. The Labute approximate surface area is 130 Å². The molecule has 21 heavy (non-hydrogen) atoms. The van der Waals surface area contributed by atoms with E-state index in [9.17, 15) is 0 Å². The summed E-state index contributed by atoms with van der Waals surface area (Å²) in [5.74, 6) is 0.397. The molecule has 3 rings (SSSR count). The van der Waals surface area contributed by atoms with Crippen LogP contribution in [-0.4, -0.2) is 49.7 Å². The van der Waals surface area contributed by atoms with E-state index in [0.717, 1.165) is 44.0 Å². The van der Waals surface area contributed by atoms with E-state index in [2.05, 4.69) is 15.2 Å². The van der Waals surface area contributed by atoms with E-state index in [1.54, 1.807) is 0 Å². The van der Waals surface area contributed by atoms with Crippen LogP contribution in [0.25, 0.3) is 0 Å². The van der Waals surface area contributed by atoms with Crippen molar-refractivity contribution in [3.8, 4) is 0 Å². The largest absolute Gasteiger partial charge is 0.353 e. The first-order valence-corrected chi connectivity index (χ1v) is 7.83. The van der Waals surface area contributed by atoms with Crippen LogP contribution in [-0.2, 0) is 15.9 Å². The zero-order chi connectivity index (χ0) is 14.9. The predicted molar refractivity (Wildman–Crippen MR) is 82.9 cm³/mol. The van der Waals surface area contributed by atoms with E-state index in [1.807, 2.05) is 26.1 Å². The van der Waals surface area contributed by atoms with Crippen LogP contribution in [0.5, 0.6) is 0 Å². The van der Waals surface area contributed by atoms with Crippen molar-refractivity contribution in [3.05, 3.63) is 22.8 Å². The molecule has 0 saturated carbocycles. The van der Waals surface area contributed by atoms with E-state index in [4.69, 9.17) is 21.1 Å². The van der Waals surface area contributed by atoms with Gasteiger partial charge in [0.25, 0.3) is 0 Å². The number of pyridine rings is 1. The number of piperazine rings is 1. The number of rotatable bonds is 3. The molecule has 0 aliphatic carbocycles. The summed E-state index contributed by atoms with van der Waals surface area (Å²) in [6.07, 6.45) is 2.75. The number of hydrogen-bond acceptors (Lipinski definition) is 5. The van der Waals surface area contributed by atoms with Crippen LogP contribution in [0.3, 0.4) is 0 Å². The maximum atomic E-state index is 6.41. The van der Waals surface area contributed by atoms with Crippen LogP contribution in [0.15, 0.2) is 12.3 Å². The van der Waals surface area contributed by atoms with Crippen molar-refractivity contribution in [2.45, 2.75) is 32.2 Å². The van der Waals surface area contributed by atoms with Gasteiger partial charge in [-0.05, 0) is 25.5 Å². The van der Waals surface area contributed by atoms with Crippen molar-refractivity contribution in [1.82, 2.24) is 10.3 Å². The molecule has 3 heterocycles. The molecule has 1 aromatic rings. The first kappa shape index (κ1) is 15.0. The number of ether oxygens (including phenoxy) is 2. The summed E-state index contributed by atoms with van der Waals surface area (Å²) in [6, 6.07) is 2.00. The van der Waals surface area contributed by atoms with Crippen molar-refractivity contribution < 1.29 is 9.47 Å². The maximum absolute atomic E-state index is 6.41. The summed E-state index contributed by atoms with van der Waals surface area (Å²) in [4.78, 5) is 6.77. The molecule has 2 saturated heterocycles. The number of nitrogens with one attached hydrogen (secondary N) is 1. The predicted octanol–water partition coefficient (Wildman–Crippen LogP) is 1.84. The smallest absolute Gasteiger partial charge is 0.163 e. The maximum Gasteiger partial charge on any atom is 0.163 e. The summed E-state index contributed by atoms with van der Waals surface area (Å²) in [6.45, 7) is 8.32. The van der Waals surface area contributed by atoms with Crippen LogP contribution in [0.1, 0.15) is 19.4 Å². The normalized spacial score (nSPS) is 25.3. The molecule has 2 aliphatic rings. The van der Waals surface area contributed by atoms with Crippen LogP contribution < -0.4 is 10.2 Å². The molecule has 0 amide bonds. The zero-order valence-corrected chi connectivity index (χ0v) is 13.3. The second kappa shape index (κ2) is 6.08. The van der Waals surface area contributed by atoms with Crippen LogP contribution in [0.4, 0.5) is 5.82 Å². The molecule has 116 valence electrons. The molecule has 5 nitrogen and oxygen atoms in total. The number of halogens is 1. The zero-order valence-electron chi connectivity index (χ0n) is 12.6. The Morgan fingerprint density at radius 1 is 1.43 bits per heavy atom. The van der Waals surface area contributed by atoms with Gasteiger partial charge in [-0.3, -0.25) is 0 Å². The Morgan fingerprint density at radius 3 is 2.81 bits per heavy atom. The van der Waals surface area contributed by atoms with Crippen molar-refractivity contribution in [1.29, 1.82) is 0 Å². The van der Waals surface area contributed by atoms with Gasteiger partial charge in [0.15, 0.2) is 5.79 Å². The molecule has 2 fully saturated rings. The molecular weight excluding hydrogens is 290 g/mol. The molecule has 0 spiro atoms. The fourth-order valence-corrected chi connectivity index (χ4v) is 3.13. The summed E-state index contributed by atoms with van der Waals surface area (Å²) in [5.41, 5.74) is 1.09. The van der Waals surface area contributed by atoms with Gasteiger partial charge in [-0.1, -0.05) is 11.6 Å². The average molecular weight is 312 g/mol. The second-order valence-corrected chi connectivity index (χ2v) is 6.45. The molecule has 1 unspecified atom stereocenters. The van der Waals surface area contributed by atoms with E-state index in [0.29, 0.717) is 11.6 Å². The fourth-order valence-electron chi connectivity index (χ4n) is 2.82. The SMILES string of the molecule is CC1(C)OCC(Cc2cnc(N3CCNCC3)c(Cl)c2)O1.